The molecule has 2 fully saturated rings. The number of anilines is 1. The summed E-state index contributed by atoms with van der Waals surface area (Å²) in [5.74, 6) is 0.228. The lowest BCUT2D eigenvalue weighted by Gasteiger charge is -2.31. The van der Waals surface area contributed by atoms with E-state index in [-0.39, 0.29) is 23.8 Å². The summed E-state index contributed by atoms with van der Waals surface area (Å²) in [6, 6.07) is 7.97. The van der Waals surface area contributed by atoms with E-state index < -0.39 is 18.3 Å². The Labute approximate surface area is 208 Å². The zero-order valence-corrected chi connectivity index (χ0v) is 20.5. The van der Waals surface area contributed by atoms with Gasteiger partial charge in [0.05, 0.1) is 28.9 Å². The Morgan fingerprint density at radius 1 is 1.24 bits per heavy atom. The lowest BCUT2D eigenvalue weighted by Crippen LogP contribution is -2.39. The van der Waals surface area contributed by atoms with Crippen LogP contribution in [-0.2, 0) is 11.2 Å². The topological polar surface area (TPSA) is 62.2 Å². The fourth-order valence-corrected chi connectivity index (χ4v) is 5.62. The molecule has 5 rings (SSSR count). The number of cyclic esters (lactones) is 1. The maximum atomic E-state index is 14.8. The standard InChI is InChI=1S/C25H27Cl2FN2O4/c1-13(2)22-12-33-25(32)30(22)15-3-4-19(27)23(9-15)34-24-18-7-14(26)8-20(28)17(18)10-21(24)29-6-5-16(31)11-29/h3-4,7-9,13,16,21-22,24,31H,5-6,10-12H2,1-2H3/t16-,21-,22-,24+/m1/s1. The number of likely N-dealkylation sites (tertiary alicyclic amines) is 1. The highest BCUT2D eigenvalue weighted by molar-refractivity contribution is 6.32. The maximum absolute atomic E-state index is 14.8. The van der Waals surface area contributed by atoms with Crippen molar-refractivity contribution in [2.24, 2.45) is 5.92 Å². The summed E-state index contributed by atoms with van der Waals surface area (Å²) >= 11 is 12.7. The summed E-state index contributed by atoms with van der Waals surface area (Å²) in [5, 5.41) is 10.8. The number of nitrogens with zero attached hydrogens (tertiary/aromatic N) is 2. The maximum Gasteiger partial charge on any atom is 0.414 e. The second-order valence-electron chi connectivity index (χ2n) is 9.58. The first kappa shape index (κ1) is 23.7. The summed E-state index contributed by atoms with van der Waals surface area (Å²) in [6.45, 7) is 5.59. The monoisotopic (exact) mass is 508 g/mol. The molecule has 0 radical (unpaired) electrons. The van der Waals surface area contributed by atoms with E-state index >= 15 is 0 Å². The molecule has 1 N–H and O–H groups in total. The van der Waals surface area contributed by atoms with Gasteiger partial charge in [-0.3, -0.25) is 9.80 Å². The molecule has 0 saturated carbocycles. The van der Waals surface area contributed by atoms with Gasteiger partial charge in [-0.15, -0.1) is 0 Å². The van der Waals surface area contributed by atoms with E-state index in [0.717, 1.165) is 0 Å². The van der Waals surface area contributed by atoms with Crippen LogP contribution < -0.4 is 9.64 Å². The number of aliphatic hydroxyl groups is 1. The molecule has 182 valence electrons. The van der Waals surface area contributed by atoms with E-state index in [9.17, 15) is 14.3 Å². The van der Waals surface area contributed by atoms with Gasteiger partial charge < -0.3 is 14.6 Å². The van der Waals surface area contributed by atoms with E-state index in [0.29, 0.717) is 65.1 Å². The Hall–Kier alpha value is -2.06. The summed E-state index contributed by atoms with van der Waals surface area (Å²) in [7, 11) is 0. The molecule has 1 aliphatic carbocycles. The number of ether oxygens (including phenoxy) is 2. The SMILES string of the molecule is CC(C)[C@H]1COC(=O)N1c1ccc(Cl)c(O[C@H]2c3cc(Cl)cc(F)c3C[C@H]2N2CC[C@@H](O)C2)c1. The molecular weight excluding hydrogens is 482 g/mol. The molecule has 0 bridgehead atoms. The number of halogens is 3. The Balaban J connectivity index is 1.51. The third-order valence-corrected chi connectivity index (χ3v) is 7.58. The van der Waals surface area contributed by atoms with Crippen molar-refractivity contribution in [3.63, 3.8) is 0 Å². The first-order valence-corrected chi connectivity index (χ1v) is 12.3. The highest BCUT2D eigenvalue weighted by Gasteiger charge is 2.42. The third kappa shape index (κ3) is 4.24. The van der Waals surface area contributed by atoms with Crippen LogP contribution in [0.4, 0.5) is 14.9 Å². The van der Waals surface area contributed by atoms with Gasteiger partial charge in [-0.2, -0.15) is 0 Å². The number of carbonyl (C=O) groups excluding carboxylic acids is 1. The molecule has 2 aromatic rings. The van der Waals surface area contributed by atoms with E-state index in [2.05, 4.69) is 4.90 Å². The second-order valence-corrected chi connectivity index (χ2v) is 10.4. The molecule has 0 unspecified atom stereocenters. The Kier molecular flexibility index (Phi) is 6.40. The van der Waals surface area contributed by atoms with Crippen LogP contribution in [0.1, 0.15) is 37.5 Å². The predicted molar refractivity (Wildman–Crippen MR) is 128 cm³/mol. The number of amides is 1. The summed E-state index contributed by atoms with van der Waals surface area (Å²) in [4.78, 5) is 16.2. The minimum atomic E-state index is -0.535. The third-order valence-electron chi connectivity index (χ3n) is 7.05. The van der Waals surface area contributed by atoms with Gasteiger partial charge in [0, 0.05) is 29.7 Å². The number of hydrogen-bond acceptors (Lipinski definition) is 5. The molecule has 2 saturated heterocycles. The summed E-state index contributed by atoms with van der Waals surface area (Å²) < 4.78 is 26.6. The smallest absolute Gasteiger partial charge is 0.414 e. The normalized spacial score (nSPS) is 26.9. The number of fused-ring (bicyclic) bond motifs is 1. The summed E-state index contributed by atoms with van der Waals surface area (Å²) in [6.07, 6.45) is -0.254. The van der Waals surface area contributed by atoms with Crippen molar-refractivity contribution in [1.82, 2.24) is 4.90 Å². The van der Waals surface area contributed by atoms with Crippen LogP contribution in [-0.4, -0.2) is 54.0 Å². The van der Waals surface area contributed by atoms with Crippen LogP contribution in [0.2, 0.25) is 10.0 Å². The van der Waals surface area contributed by atoms with E-state index in [1.165, 1.54) is 6.07 Å². The van der Waals surface area contributed by atoms with Crippen LogP contribution in [0.15, 0.2) is 30.3 Å². The first-order chi connectivity index (χ1) is 16.2. The van der Waals surface area contributed by atoms with Gasteiger partial charge in [0.25, 0.3) is 0 Å². The number of aliphatic hydroxyl groups excluding tert-OH is 1. The Morgan fingerprint density at radius 3 is 2.74 bits per heavy atom. The van der Waals surface area contributed by atoms with Crippen LogP contribution >= 0.6 is 23.2 Å². The predicted octanol–water partition coefficient (Wildman–Crippen LogP) is 5.23. The van der Waals surface area contributed by atoms with Crippen molar-refractivity contribution in [3.05, 3.63) is 57.3 Å². The molecule has 3 aliphatic rings. The number of β-amino-alcohol motifs (C(OH)–C–C–N with tert-alkyl or cyclic N) is 1. The molecule has 1 amide bonds. The van der Waals surface area contributed by atoms with Gasteiger partial charge in [0.1, 0.15) is 24.3 Å². The van der Waals surface area contributed by atoms with Crippen LogP contribution in [0, 0.1) is 11.7 Å². The number of benzene rings is 2. The molecular formula is C25H27Cl2FN2O4. The van der Waals surface area contributed by atoms with Gasteiger partial charge in [0.15, 0.2) is 0 Å². The number of carbonyl (C=O) groups is 1. The Morgan fingerprint density at radius 2 is 2.03 bits per heavy atom. The molecule has 2 aliphatic heterocycles. The van der Waals surface area contributed by atoms with Crippen molar-refractivity contribution in [3.8, 4) is 5.75 Å². The average Bonchev–Trinajstić information content (AvgIpc) is 3.47. The van der Waals surface area contributed by atoms with Crippen LogP contribution in [0.25, 0.3) is 0 Å². The second kappa shape index (κ2) is 9.19. The van der Waals surface area contributed by atoms with Crippen molar-refractivity contribution >= 4 is 35.0 Å². The van der Waals surface area contributed by atoms with E-state index in [1.807, 2.05) is 13.8 Å². The molecule has 9 heteroatoms. The van der Waals surface area contributed by atoms with E-state index in [1.54, 1.807) is 29.2 Å². The fraction of sp³-hybridized carbons (Fsp3) is 0.480. The highest BCUT2D eigenvalue weighted by Crippen LogP contribution is 2.44. The molecule has 0 aromatic heterocycles. The van der Waals surface area contributed by atoms with Gasteiger partial charge >= 0.3 is 6.09 Å². The van der Waals surface area contributed by atoms with Gasteiger partial charge in [-0.05, 0) is 48.6 Å². The van der Waals surface area contributed by atoms with Crippen molar-refractivity contribution in [2.75, 3.05) is 24.6 Å². The highest BCUT2D eigenvalue weighted by atomic mass is 35.5. The van der Waals surface area contributed by atoms with Crippen molar-refractivity contribution in [2.45, 2.75) is 51.0 Å². The van der Waals surface area contributed by atoms with Gasteiger partial charge in [-0.1, -0.05) is 37.0 Å². The molecule has 4 atom stereocenters. The summed E-state index contributed by atoms with van der Waals surface area (Å²) in [5.41, 5.74) is 1.87. The lowest BCUT2D eigenvalue weighted by atomic mass is 10.0. The van der Waals surface area contributed by atoms with Gasteiger partial charge in [-0.25, -0.2) is 9.18 Å². The minimum Gasteiger partial charge on any atom is -0.482 e. The Bertz CT molecular complexity index is 1110. The largest absolute Gasteiger partial charge is 0.482 e. The fourth-order valence-electron chi connectivity index (χ4n) is 5.24. The first-order valence-electron chi connectivity index (χ1n) is 11.5. The van der Waals surface area contributed by atoms with Crippen molar-refractivity contribution < 1.29 is 23.8 Å². The number of rotatable bonds is 5. The average molecular weight is 509 g/mol. The van der Waals surface area contributed by atoms with Crippen LogP contribution in [0.3, 0.4) is 0 Å². The molecule has 0 spiro atoms. The zero-order valence-electron chi connectivity index (χ0n) is 19.0. The quantitative estimate of drug-likeness (QED) is 0.599. The van der Waals surface area contributed by atoms with E-state index in [4.69, 9.17) is 32.7 Å². The molecule has 2 heterocycles. The minimum absolute atomic E-state index is 0.0968. The molecule has 2 aromatic carbocycles. The zero-order chi connectivity index (χ0) is 24.1. The van der Waals surface area contributed by atoms with Crippen molar-refractivity contribution in [1.29, 1.82) is 0 Å². The molecule has 6 nitrogen and oxygen atoms in total. The number of hydrogen-bond donors (Lipinski definition) is 1. The van der Waals surface area contributed by atoms with Crippen LogP contribution in [0.5, 0.6) is 5.75 Å². The van der Waals surface area contributed by atoms with Gasteiger partial charge in [0.2, 0.25) is 0 Å². The lowest BCUT2D eigenvalue weighted by molar-refractivity contribution is 0.0819. The molecule has 34 heavy (non-hydrogen) atoms.